The van der Waals surface area contributed by atoms with Crippen LogP contribution in [-0.4, -0.2) is 120 Å². The number of aromatic amines is 1. The van der Waals surface area contributed by atoms with E-state index in [1.165, 1.54) is 34.4 Å². The van der Waals surface area contributed by atoms with E-state index in [1.807, 2.05) is 0 Å². The Labute approximate surface area is 211 Å². The fourth-order valence-corrected chi connectivity index (χ4v) is 4.33. The number of ether oxygens (including phenoxy) is 2. The summed E-state index contributed by atoms with van der Waals surface area (Å²) in [4.78, 5) is 33.6. The Balaban J connectivity index is 0.000000155. The summed E-state index contributed by atoms with van der Waals surface area (Å²) in [6, 6.07) is 0. The van der Waals surface area contributed by atoms with Gasteiger partial charge in [0.2, 0.25) is 0 Å². The predicted molar refractivity (Wildman–Crippen MR) is 124 cm³/mol. The lowest BCUT2D eigenvalue weighted by Crippen LogP contribution is -2.33. The minimum absolute atomic E-state index is 0.111. The van der Waals surface area contributed by atoms with E-state index in [9.17, 15) is 25.2 Å². The summed E-state index contributed by atoms with van der Waals surface area (Å²) < 4.78 is 13.6. The number of nitrogens with one attached hydrogen (secondary N) is 1. The molecule has 2 aliphatic rings. The smallest absolute Gasteiger partial charge is 0.278 e. The highest BCUT2D eigenvalue weighted by Gasteiger charge is 2.45. The highest BCUT2D eigenvalue weighted by Crippen LogP contribution is 2.32. The standard InChI is InChI=1S/C10H13N5O4.C10H12N4O5/c11-8-5-9(13-2-12-8)15(3-14-5)10-7(18)6(17)4(1-16)19-10;15-1-4-6(16)7(17)10(19-4)14-3-13-5-8(14)11-2-12-9(5)18/h2-4,6-7,10,16-18H,1H2,(H2,11,12,13);2-4,6-7,10,15-17H,1H2,(H,11,12,18)/t2*4-,6-,7-,10-/m11/s1. The third-order valence-corrected chi connectivity index (χ3v) is 6.33. The molecule has 0 saturated carbocycles. The molecule has 6 rings (SSSR count). The number of imidazole rings is 2. The number of rotatable bonds is 4. The Morgan fingerprint density at radius 3 is 1.84 bits per heavy atom. The number of H-pyrrole nitrogens is 1. The number of nitrogens with zero attached hydrogens (tertiary/aromatic N) is 7. The SMILES string of the molecule is Nc1ncnc2c1ncn2[C@@H]1O[C@H](CO)[C@@H](O)[C@H]1O.O=c1[nH]cnc2c1ncn2[C@@H]1O[C@H](CO)[C@@H](O)[C@H]1O. The van der Waals surface area contributed by atoms with Crippen LogP contribution in [0.25, 0.3) is 22.3 Å². The number of aliphatic hydroxyl groups is 6. The lowest BCUT2D eigenvalue weighted by molar-refractivity contribution is -0.0511. The molecular weight excluding hydrogens is 510 g/mol. The quantitative estimate of drug-likeness (QED) is 0.123. The summed E-state index contributed by atoms with van der Waals surface area (Å²) in [6.07, 6.45) is -3.21. The maximum absolute atomic E-state index is 11.5. The van der Waals surface area contributed by atoms with Crippen molar-refractivity contribution in [2.75, 3.05) is 18.9 Å². The van der Waals surface area contributed by atoms with Crippen molar-refractivity contribution in [1.82, 2.24) is 39.0 Å². The largest absolute Gasteiger partial charge is 0.394 e. The molecule has 18 nitrogen and oxygen atoms in total. The normalized spacial score (nSPS) is 31.1. The summed E-state index contributed by atoms with van der Waals surface area (Å²) in [5.74, 6) is 0.218. The third-order valence-electron chi connectivity index (χ3n) is 6.33. The summed E-state index contributed by atoms with van der Waals surface area (Å²) >= 11 is 0. The molecule has 9 N–H and O–H groups in total. The zero-order chi connectivity index (χ0) is 27.1. The minimum atomic E-state index is -1.24. The van der Waals surface area contributed by atoms with Crippen molar-refractivity contribution in [3.8, 4) is 0 Å². The zero-order valence-corrected chi connectivity index (χ0v) is 19.5. The average molecular weight is 535 g/mol. The van der Waals surface area contributed by atoms with Crippen molar-refractivity contribution in [1.29, 1.82) is 0 Å². The Hall–Kier alpha value is -3.62. The molecule has 8 atom stereocenters. The molecule has 4 aromatic heterocycles. The van der Waals surface area contributed by atoms with Gasteiger partial charge in [-0.1, -0.05) is 0 Å². The number of hydrogen-bond acceptors (Lipinski definition) is 15. The van der Waals surface area contributed by atoms with Crippen LogP contribution in [0, 0.1) is 0 Å². The van der Waals surface area contributed by atoms with Crippen LogP contribution in [-0.2, 0) is 9.47 Å². The van der Waals surface area contributed by atoms with Gasteiger partial charge in [-0.3, -0.25) is 13.9 Å². The van der Waals surface area contributed by atoms with E-state index >= 15 is 0 Å². The number of nitrogens with two attached hydrogens (primary N) is 1. The topological polar surface area (TPSA) is 273 Å². The highest BCUT2D eigenvalue weighted by atomic mass is 16.6. The van der Waals surface area contributed by atoms with E-state index in [-0.39, 0.29) is 17.0 Å². The van der Waals surface area contributed by atoms with Crippen LogP contribution < -0.4 is 11.3 Å². The van der Waals surface area contributed by atoms with Gasteiger partial charge in [-0.2, -0.15) is 0 Å². The monoisotopic (exact) mass is 535 g/mol. The van der Waals surface area contributed by atoms with Crippen molar-refractivity contribution >= 4 is 28.1 Å². The first-order chi connectivity index (χ1) is 18.3. The van der Waals surface area contributed by atoms with Gasteiger partial charge in [-0.25, -0.2) is 24.9 Å². The van der Waals surface area contributed by atoms with Crippen LogP contribution in [0.3, 0.4) is 0 Å². The number of aliphatic hydroxyl groups excluding tert-OH is 6. The summed E-state index contributed by atoms with van der Waals surface area (Å²) in [6.45, 7) is -0.812. The first-order valence-corrected chi connectivity index (χ1v) is 11.3. The average Bonchev–Trinajstić information content (AvgIpc) is 3.67. The van der Waals surface area contributed by atoms with Crippen LogP contribution in [0.2, 0.25) is 0 Å². The second kappa shape index (κ2) is 10.3. The van der Waals surface area contributed by atoms with Gasteiger partial charge in [0.05, 0.1) is 32.2 Å². The minimum Gasteiger partial charge on any atom is -0.394 e. The van der Waals surface area contributed by atoms with Crippen molar-refractivity contribution in [2.45, 2.75) is 49.1 Å². The van der Waals surface area contributed by atoms with E-state index in [0.717, 1.165) is 0 Å². The molecule has 2 saturated heterocycles. The molecule has 4 aromatic rings. The van der Waals surface area contributed by atoms with E-state index in [4.69, 9.17) is 25.4 Å². The van der Waals surface area contributed by atoms with Gasteiger partial charge in [0.25, 0.3) is 5.56 Å². The first kappa shape index (κ1) is 26.0. The molecule has 38 heavy (non-hydrogen) atoms. The molecule has 0 unspecified atom stereocenters. The van der Waals surface area contributed by atoms with Gasteiger partial charge in [0, 0.05) is 0 Å². The number of hydrogen-bond donors (Lipinski definition) is 8. The maximum atomic E-state index is 11.5. The third kappa shape index (κ3) is 4.27. The summed E-state index contributed by atoms with van der Waals surface area (Å²) in [7, 11) is 0. The zero-order valence-electron chi connectivity index (χ0n) is 19.5. The van der Waals surface area contributed by atoms with E-state index in [2.05, 4.69) is 29.9 Å². The van der Waals surface area contributed by atoms with E-state index in [0.29, 0.717) is 11.2 Å². The first-order valence-electron chi connectivity index (χ1n) is 11.3. The lowest BCUT2D eigenvalue weighted by atomic mass is 10.1. The summed E-state index contributed by atoms with van der Waals surface area (Å²) in [5, 5.41) is 57.4. The molecule has 0 aliphatic carbocycles. The van der Waals surface area contributed by atoms with E-state index < -0.39 is 67.9 Å². The Kier molecular flexibility index (Phi) is 7.03. The van der Waals surface area contributed by atoms with Gasteiger partial charge in [-0.15, -0.1) is 0 Å². The Bertz CT molecular complexity index is 1480. The lowest BCUT2D eigenvalue weighted by Gasteiger charge is -2.16. The molecule has 6 heterocycles. The maximum Gasteiger partial charge on any atom is 0.278 e. The van der Waals surface area contributed by atoms with Gasteiger partial charge in [0.1, 0.15) is 48.5 Å². The Morgan fingerprint density at radius 1 is 0.789 bits per heavy atom. The molecule has 0 amide bonds. The Morgan fingerprint density at radius 2 is 1.32 bits per heavy atom. The van der Waals surface area contributed by atoms with Crippen LogP contribution in [0.5, 0.6) is 0 Å². The molecule has 0 spiro atoms. The van der Waals surface area contributed by atoms with Crippen molar-refractivity contribution < 1.29 is 40.1 Å². The number of aromatic nitrogens is 8. The summed E-state index contributed by atoms with van der Waals surface area (Å²) in [5.41, 5.74) is 6.38. The molecule has 0 aromatic carbocycles. The van der Waals surface area contributed by atoms with Crippen LogP contribution >= 0.6 is 0 Å². The molecule has 204 valence electrons. The molecule has 2 fully saturated rings. The van der Waals surface area contributed by atoms with Crippen LogP contribution in [0.4, 0.5) is 5.82 Å². The van der Waals surface area contributed by atoms with E-state index in [1.54, 1.807) is 0 Å². The number of fused-ring (bicyclic) bond motifs is 2. The van der Waals surface area contributed by atoms with Gasteiger partial charge in [-0.05, 0) is 0 Å². The molecule has 0 bridgehead atoms. The predicted octanol–water partition coefficient (Wildman–Crippen LogP) is -4.25. The molecular formula is C20H25N9O9. The fraction of sp³-hybridized carbons (Fsp3) is 0.500. The van der Waals surface area contributed by atoms with Crippen molar-refractivity contribution in [2.24, 2.45) is 0 Å². The highest BCUT2D eigenvalue weighted by molar-refractivity contribution is 5.81. The molecule has 18 heteroatoms. The van der Waals surface area contributed by atoms with Crippen LogP contribution in [0.15, 0.2) is 30.1 Å². The van der Waals surface area contributed by atoms with Gasteiger partial charge >= 0.3 is 0 Å². The fourth-order valence-electron chi connectivity index (χ4n) is 4.33. The van der Waals surface area contributed by atoms with Crippen LogP contribution in [0.1, 0.15) is 12.5 Å². The number of nitrogen functional groups attached to an aromatic ring is 1. The number of anilines is 1. The second-order valence-corrected chi connectivity index (χ2v) is 8.60. The van der Waals surface area contributed by atoms with Gasteiger partial charge in [0.15, 0.2) is 35.1 Å². The molecule has 0 radical (unpaired) electrons. The second-order valence-electron chi connectivity index (χ2n) is 8.60. The van der Waals surface area contributed by atoms with Gasteiger partial charge < -0.3 is 50.8 Å². The van der Waals surface area contributed by atoms with Crippen molar-refractivity contribution in [3.05, 3.63) is 35.7 Å². The molecule has 2 aliphatic heterocycles. The van der Waals surface area contributed by atoms with Crippen molar-refractivity contribution in [3.63, 3.8) is 0 Å².